The number of aromatic nitrogens is 1. The molecule has 0 unspecified atom stereocenters. The molecule has 102 valence electrons. The molecule has 2 saturated carbocycles. The van der Waals surface area contributed by atoms with E-state index in [4.69, 9.17) is 5.73 Å². The van der Waals surface area contributed by atoms with Gasteiger partial charge in [-0.15, -0.1) is 0 Å². The van der Waals surface area contributed by atoms with Crippen molar-refractivity contribution < 1.29 is 4.92 Å². The molecule has 0 bridgehead atoms. The Morgan fingerprint density at radius 1 is 1.37 bits per heavy atom. The molecule has 19 heavy (non-hydrogen) atoms. The molecule has 0 spiro atoms. The minimum atomic E-state index is -0.442. The molecule has 1 aromatic heterocycles. The van der Waals surface area contributed by atoms with Gasteiger partial charge in [-0.1, -0.05) is 0 Å². The Morgan fingerprint density at radius 2 is 2.00 bits per heavy atom. The molecule has 0 saturated heterocycles. The van der Waals surface area contributed by atoms with Crippen LogP contribution in [0.3, 0.4) is 0 Å². The van der Waals surface area contributed by atoms with Gasteiger partial charge in [0.2, 0.25) is 0 Å². The summed E-state index contributed by atoms with van der Waals surface area (Å²) < 4.78 is 0. The Kier molecular flexibility index (Phi) is 3.00. The van der Waals surface area contributed by atoms with Crippen LogP contribution in [0.5, 0.6) is 0 Å². The maximum absolute atomic E-state index is 10.8. The lowest BCUT2D eigenvalue weighted by atomic mass is 9.98. The highest BCUT2D eigenvalue weighted by atomic mass is 16.6. The molecule has 0 aromatic carbocycles. The number of hydrogen-bond donors (Lipinski definition) is 2. The van der Waals surface area contributed by atoms with Gasteiger partial charge >= 0.3 is 0 Å². The van der Waals surface area contributed by atoms with Gasteiger partial charge in [-0.2, -0.15) is 0 Å². The molecule has 0 atom stereocenters. The lowest BCUT2D eigenvalue weighted by molar-refractivity contribution is -0.384. The van der Waals surface area contributed by atoms with E-state index in [1.165, 1.54) is 37.8 Å². The van der Waals surface area contributed by atoms with Crippen molar-refractivity contribution in [3.63, 3.8) is 0 Å². The second-order valence-electron chi connectivity index (χ2n) is 5.61. The van der Waals surface area contributed by atoms with Gasteiger partial charge in [0.1, 0.15) is 11.6 Å². The van der Waals surface area contributed by atoms with E-state index in [1.807, 2.05) is 0 Å². The first kappa shape index (κ1) is 12.2. The van der Waals surface area contributed by atoms with Crippen LogP contribution in [0.4, 0.5) is 17.3 Å². The number of pyridine rings is 1. The molecule has 3 N–H and O–H groups in total. The van der Waals surface area contributed by atoms with E-state index in [2.05, 4.69) is 10.3 Å². The minimum absolute atomic E-state index is 0.00982. The van der Waals surface area contributed by atoms with Crippen LogP contribution in [0, 0.1) is 27.9 Å². The number of nitrogens with zero attached hydrogens (tertiary/aromatic N) is 2. The fraction of sp³-hybridized carbons (Fsp3) is 0.615. The van der Waals surface area contributed by atoms with E-state index in [9.17, 15) is 10.1 Å². The first-order valence-electron chi connectivity index (χ1n) is 6.79. The van der Waals surface area contributed by atoms with Crippen molar-refractivity contribution in [3.8, 4) is 0 Å². The molecule has 2 fully saturated rings. The minimum Gasteiger partial charge on any atom is -0.383 e. The van der Waals surface area contributed by atoms with Crippen LogP contribution in [0.25, 0.3) is 0 Å². The topological polar surface area (TPSA) is 94.1 Å². The molecule has 0 aliphatic heterocycles. The van der Waals surface area contributed by atoms with Crippen molar-refractivity contribution >= 4 is 17.3 Å². The van der Waals surface area contributed by atoms with E-state index in [-0.39, 0.29) is 11.5 Å². The largest absolute Gasteiger partial charge is 0.383 e. The van der Waals surface area contributed by atoms with Crippen LogP contribution in [-0.4, -0.2) is 16.5 Å². The molecule has 6 nitrogen and oxygen atoms in total. The summed E-state index contributed by atoms with van der Waals surface area (Å²) in [5.41, 5.74) is 5.58. The first-order chi connectivity index (χ1) is 9.13. The van der Waals surface area contributed by atoms with E-state index in [0.29, 0.717) is 11.7 Å². The smallest absolute Gasteiger partial charge is 0.276 e. The Hall–Kier alpha value is -1.85. The van der Waals surface area contributed by atoms with Crippen molar-refractivity contribution in [2.24, 2.45) is 17.8 Å². The van der Waals surface area contributed by atoms with Gasteiger partial charge in [0.15, 0.2) is 0 Å². The zero-order chi connectivity index (χ0) is 13.4. The van der Waals surface area contributed by atoms with E-state index < -0.39 is 4.92 Å². The second kappa shape index (κ2) is 4.68. The molecule has 2 aliphatic rings. The highest BCUT2D eigenvalue weighted by molar-refractivity contribution is 5.52. The summed E-state index contributed by atoms with van der Waals surface area (Å²) in [4.78, 5) is 14.4. The monoisotopic (exact) mass is 262 g/mol. The number of hydrogen-bond acceptors (Lipinski definition) is 5. The van der Waals surface area contributed by atoms with Crippen molar-refractivity contribution in [2.75, 3.05) is 17.6 Å². The Balaban J connectivity index is 1.66. The van der Waals surface area contributed by atoms with Gasteiger partial charge in [-0.25, -0.2) is 4.98 Å². The van der Waals surface area contributed by atoms with Crippen LogP contribution in [0.1, 0.15) is 25.7 Å². The zero-order valence-electron chi connectivity index (χ0n) is 10.7. The summed E-state index contributed by atoms with van der Waals surface area (Å²) in [5, 5.41) is 14.0. The third kappa shape index (κ3) is 2.94. The molecular weight excluding hydrogens is 244 g/mol. The molecule has 0 amide bonds. The van der Waals surface area contributed by atoms with E-state index in [1.54, 1.807) is 0 Å². The lowest BCUT2D eigenvalue weighted by Gasteiger charge is -2.16. The highest BCUT2D eigenvalue weighted by Gasteiger charge is 2.41. The van der Waals surface area contributed by atoms with Gasteiger partial charge in [0.25, 0.3) is 5.69 Å². The summed E-state index contributed by atoms with van der Waals surface area (Å²) in [7, 11) is 0. The van der Waals surface area contributed by atoms with Crippen molar-refractivity contribution in [1.29, 1.82) is 0 Å². The third-order valence-corrected chi connectivity index (χ3v) is 4.01. The van der Waals surface area contributed by atoms with Crippen LogP contribution in [-0.2, 0) is 0 Å². The molecule has 0 radical (unpaired) electrons. The normalized spacial score (nSPS) is 18.6. The van der Waals surface area contributed by atoms with Gasteiger partial charge in [0.05, 0.1) is 17.1 Å². The number of nitrogens with one attached hydrogen (secondary N) is 1. The summed E-state index contributed by atoms with van der Waals surface area (Å²) >= 11 is 0. The number of rotatable bonds is 6. The third-order valence-electron chi connectivity index (χ3n) is 4.01. The average molecular weight is 262 g/mol. The van der Waals surface area contributed by atoms with Gasteiger partial charge < -0.3 is 11.1 Å². The fourth-order valence-electron chi connectivity index (χ4n) is 2.72. The van der Waals surface area contributed by atoms with Gasteiger partial charge in [-0.3, -0.25) is 10.1 Å². The quantitative estimate of drug-likeness (QED) is 0.606. The van der Waals surface area contributed by atoms with Gasteiger partial charge in [-0.05, 0) is 43.4 Å². The predicted molar refractivity (Wildman–Crippen MR) is 72.7 cm³/mol. The maximum Gasteiger partial charge on any atom is 0.276 e. The van der Waals surface area contributed by atoms with Crippen molar-refractivity contribution in [3.05, 3.63) is 22.2 Å². The molecular formula is C13H18N4O2. The maximum atomic E-state index is 10.8. The highest BCUT2D eigenvalue weighted by Crippen LogP contribution is 2.49. The SMILES string of the molecule is Nc1cc([N+](=O)[O-])cc(NCC(C2CC2)C2CC2)n1. The standard InChI is InChI=1S/C13H18N4O2/c14-12-5-10(17(18)19)6-13(16-12)15-7-11(8-1-2-8)9-3-4-9/h5-6,8-9,11H,1-4,7H2,(H3,14,15,16). The van der Waals surface area contributed by atoms with Crippen LogP contribution < -0.4 is 11.1 Å². The summed E-state index contributed by atoms with van der Waals surface area (Å²) in [5.74, 6) is 3.08. The molecule has 2 aliphatic carbocycles. The average Bonchev–Trinajstić information content (AvgIpc) is 3.23. The number of nitrogens with two attached hydrogens (primary N) is 1. The Bertz CT molecular complexity index is 485. The second-order valence-corrected chi connectivity index (χ2v) is 5.61. The van der Waals surface area contributed by atoms with Gasteiger partial charge in [0, 0.05) is 6.54 Å². The Labute approximate surface area is 111 Å². The summed E-state index contributed by atoms with van der Waals surface area (Å²) in [6.45, 7) is 0.850. The first-order valence-corrected chi connectivity index (χ1v) is 6.79. The Morgan fingerprint density at radius 3 is 2.53 bits per heavy atom. The molecule has 1 aromatic rings. The van der Waals surface area contributed by atoms with Crippen LogP contribution in [0.15, 0.2) is 12.1 Å². The number of anilines is 2. The van der Waals surface area contributed by atoms with Crippen LogP contribution in [0.2, 0.25) is 0 Å². The number of nitro groups is 1. The molecule has 3 rings (SSSR count). The number of nitrogen functional groups attached to an aromatic ring is 1. The predicted octanol–water partition coefficient (Wildman–Crippen LogP) is 2.42. The fourth-order valence-corrected chi connectivity index (χ4v) is 2.72. The summed E-state index contributed by atoms with van der Waals surface area (Å²) in [6, 6.07) is 2.73. The van der Waals surface area contributed by atoms with Crippen LogP contribution >= 0.6 is 0 Å². The molecule has 1 heterocycles. The summed E-state index contributed by atoms with van der Waals surface area (Å²) in [6.07, 6.45) is 5.31. The van der Waals surface area contributed by atoms with E-state index >= 15 is 0 Å². The zero-order valence-corrected chi connectivity index (χ0v) is 10.7. The molecule has 6 heteroatoms. The lowest BCUT2D eigenvalue weighted by Crippen LogP contribution is -2.19. The van der Waals surface area contributed by atoms with E-state index in [0.717, 1.165) is 18.4 Å². The van der Waals surface area contributed by atoms with Crippen molar-refractivity contribution in [1.82, 2.24) is 4.98 Å². The van der Waals surface area contributed by atoms with Crippen molar-refractivity contribution in [2.45, 2.75) is 25.7 Å².